The van der Waals surface area contributed by atoms with Crippen LogP contribution in [0.1, 0.15) is 44.7 Å². The van der Waals surface area contributed by atoms with Crippen LogP contribution in [0.25, 0.3) is 6.08 Å². The van der Waals surface area contributed by atoms with Gasteiger partial charge < -0.3 is 9.47 Å². The van der Waals surface area contributed by atoms with Gasteiger partial charge in [0.15, 0.2) is 11.5 Å². The van der Waals surface area contributed by atoms with E-state index in [1.807, 2.05) is 13.0 Å². The monoisotopic (exact) mass is 462 g/mol. The van der Waals surface area contributed by atoms with Crippen LogP contribution in [-0.2, 0) is 16.1 Å². The number of hydrogen-bond donors (Lipinski definition) is 0. The van der Waals surface area contributed by atoms with Gasteiger partial charge in [-0.3, -0.25) is 14.5 Å². The van der Waals surface area contributed by atoms with Crippen LogP contribution in [0.5, 0.6) is 11.5 Å². The lowest BCUT2D eigenvalue weighted by Gasteiger charge is -2.27. The summed E-state index contributed by atoms with van der Waals surface area (Å²) >= 11 is 0. The van der Waals surface area contributed by atoms with Crippen LogP contribution >= 0.6 is 0 Å². The van der Waals surface area contributed by atoms with E-state index in [-0.39, 0.29) is 17.7 Å². The Morgan fingerprint density at radius 2 is 1.76 bits per heavy atom. The number of benzene rings is 2. The maximum atomic E-state index is 13.3. The van der Waals surface area contributed by atoms with Crippen LogP contribution in [-0.4, -0.2) is 29.9 Å². The lowest BCUT2D eigenvalue weighted by molar-refractivity contribution is -0.141. The first kappa shape index (κ1) is 24.7. The molecule has 0 atom stereocenters. The molecule has 0 radical (unpaired) electrons. The van der Waals surface area contributed by atoms with Gasteiger partial charge >= 0.3 is 0 Å². The van der Waals surface area contributed by atoms with Crippen molar-refractivity contribution in [1.82, 2.24) is 4.90 Å². The number of rotatable bonds is 9. The minimum atomic E-state index is -0.666. The number of hydrogen-bond acceptors (Lipinski definition) is 5. The Hall–Kier alpha value is -3.92. The van der Waals surface area contributed by atoms with Crippen molar-refractivity contribution in [2.75, 3.05) is 13.2 Å². The van der Waals surface area contributed by atoms with E-state index in [0.717, 1.165) is 17.7 Å². The summed E-state index contributed by atoms with van der Waals surface area (Å²) < 4.78 is 24.8. The van der Waals surface area contributed by atoms with Gasteiger partial charge in [0, 0.05) is 5.57 Å². The summed E-state index contributed by atoms with van der Waals surface area (Å²) in [5.74, 6) is -0.433. The smallest absolute Gasteiger partial charge is 0.271 e. The Bertz CT molecular complexity index is 1180. The van der Waals surface area contributed by atoms with Crippen molar-refractivity contribution in [2.24, 2.45) is 0 Å². The van der Waals surface area contributed by atoms with Crippen molar-refractivity contribution in [1.29, 1.82) is 5.26 Å². The molecule has 0 fully saturated rings. The largest absolute Gasteiger partial charge is 0.490 e. The van der Waals surface area contributed by atoms with Crippen molar-refractivity contribution in [2.45, 2.75) is 40.2 Å². The summed E-state index contributed by atoms with van der Waals surface area (Å²) in [5, 5.41) is 9.60. The molecule has 2 amide bonds. The summed E-state index contributed by atoms with van der Waals surface area (Å²) in [6.07, 6.45) is 3.57. The van der Waals surface area contributed by atoms with E-state index >= 15 is 0 Å². The first-order valence-corrected chi connectivity index (χ1v) is 11.2. The molecule has 176 valence electrons. The summed E-state index contributed by atoms with van der Waals surface area (Å²) in [6, 6.07) is 12.8. The van der Waals surface area contributed by atoms with Gasteiger partial charge in [0.1, 0.15) is 17.5 Å². The second kappa shape index (κ2) is 11.3. The quantitative estimate of drug-likeness (QED) is 0.291. The Balaban J connectivity index is 1.98. The summed E-state index contributed by atoms with van der Waals surface area (Å²) in [6.45, 7) is 6.49. The third kappa shape index (κ3) is 5.52. The summed E-state index contributed by atoms with van der Waals surface area (Å²) in [4.78, 5) is 27.2. The molecule has 1 heterocycles. The number of nitriles is 1. The molecule has 0 saturated carbocycles. The number of amides is 2. The third-order valence-electron chi connectivity index (χ3n) is 5.41. The van der Waals surface area contributed by atoms with E-state index in [1.165, 1.54) is 24.3 Å². The van der Waals surface area contributed by atoms with Crippen LogP contribution in [0.4, 0.5) is 4.39 Å². The van der Waals surface area contributed by atoms with Crippen molar-refractivity contribution in [3.63, 3.8) is 0 Å². The van der Waals surface area contributed by atoms with Gasteiger partial charge in [0.05, 0.1) is 19.8 Å². The molecule has 34 heavy (non-hydrogen) atoms. The second-order valence-corrected chi connectivity index (χ2v) is 7.83. The van der Waals surface area contributed by atoms with E-state index < -0.39 is 17.6 Å². The number of halogens is 1. The summed E-state index contributed by atoms with van der Waals surface area (Å²) in [7, 11) is 0. The van der Waals surface area contributed by atoms with Crippen molar-refractivity contribution < 1.29 is 23.5 Å². The van der Waals surface area contributed by atoms with Gasteiger partial charge in [-0.2, -0.15) is 5.26 Å². The zero-order valence-corrected chi connectivity index (χ0v) is 19.6. The zero-order valence-electron chi connectivity index (χ0n) is 19.6. The Morgan fingerprint density at radius 3 is 2.41 bits per heavy atom. The Morgan fingerprint density at radius 1 is 1.03 bits per heavy atom. The van der Waals surface area contributed by atoms with Gasteiger partial charge in [-0.1, -0.05) is 31.5 Å². The Kier molecular flexibility index (Phi) is 8.20. The molecule has 0 aliphatic carbocycles. The average Bonchev–Trinajstić information content (AvgIpc) is 2.82. The topological polar surface area (TPSA) is 79.6 Å². The van der Waals surface area contributed by atoms with Gasteiger partial charge in [0.2, 0.25) is 0 Å². The highest BCUT2D eigenvalue weighted by molar-refractivity contribution is 6.19. The van der Waals surface area contributed by atoms with Crippen molar-refractivity contribution in [3.05, 3.63) is 76.1 Å². The molecule has 1 aliphatic heterocycles. The molecule has 1 aliphatic rings. The maximum Gasteiger partial charge on any atom is 0.271 e. The van der Waals surface area contributed by atoms with Crippen LogP contribution in [0, 0.1) is 17.1 Å². The number of imide groups is 1. The molecule has 0 bridgehead atoms. The number of carbonyl (C=O) groups is 2. The lowest BCUT2D eigenvalue weighted by atomic mass is 9.93. The molecular formula is C27H27FN2O4. The fourth-order valence-corrected chi connectivity index (χ4v) is 3.54. The molecule has 0 N–H and O–H groups in total. The molecule has 6 nitrogen and oxygen atoms in total. The van der Waals surface area contributed by atoms with E-state index in [9.17, 15) is 19.2 Å². The molecule has 0 spiro atoms. The van der Waals surface area contributed by atoms with Crippen LogP contribution in [0.15, 0.2) is 59.2 Å². The fourth-order valence-electron chi connectivity index (χ4n) is 3.54. The van der Waals surface area contributed by atoms with Gasteiger partial charge in [0.25, 0.3) is 11.8 Å². The highest BCUT2D eigenvalue weighted by atomic mass is 19.1. The highest BCUT2D eigenvalue weighted by Crippen LogP contribution is 2.32. The predicted octanol–water partition coefficient (Wildman–Crippen LogP) is 5.20. The van der Waals surface area contributed by atoms with E-state index in [2.05, 4.69) is 6.92 Å². The highest BCUT2D eigenvalue weighted by Gasteiger charge is 2.35. The van der Waals surface area contributed by atoms with Gasteiger partial charge in [-0.05, 0) is 67.3 Å². The first-order valence-electron chi connectivity index (χ1n) is 11.2. The first-order chi connectivity index (χ1) is 16.4. The minimum absolute atomic E-state index is 0.0673. The zero-order chi connectivity index (χ0) is 24.7. The lowest BCUT2D eigenvalue weighted by Crippen LogP contribution is -2.42. The van der Waals surface area contributed by atoms with E-state index in [4.69, 9.17) is 9.47 Å². The van der Waals surface area contributed by atoms with Crippen LogP contribution in [0.3, 0.4) is 0 Å². The van der Waals surface area contributed by atoms with Crippen LogP contribution in [0.2, 0.25) is 0 Å². The normalized spacial score (nSPS) is 15.0. The molecule has 3 rings (SSSR count). The number of unbranched alkanes of at least 4 members (excludes halogenated alkanes) is 1. The Labute approximate surface area is 198 Å². The number of ether oxygens (including phenoxy) is 2. The predicted molar refractivity (Wildman–Crippen MR) is 126 cm³/mol. The van der Waals surface area contributed by atoms with E-state index in [0.29, 0.717) is 41.4 Å². The second-order valence-electron chi connectivity index (χ2n) is 7.83. The molecule has 2 aromatic rings. The third-order valence-corrected chi connectivity index (χ3v) is 5.41. The average molecular weight is 463 g/mol. The SMILES string of the molecule is CCCCOc1ccc(/C=C2/C(=O)N(Cc3ccc(F)cc3)C(=O)C(C#N)=C2C)cc1OCC. The fraction of sp³-hybridized carbons (Fsp3) is 0.296. The van der Waals surface area contributed by atoms with Crippen molar-refractivity contribution in [3.8, 4) is 17.6 Å². The molecule has 2 aromatic carbocycles. The maximum absolute atomic E-state index is 13.3. The molecule has 7 heteroatoms. The minimum Gasteiger partial charge on any atom is -0.490 e. The summed E-state index contributed by atoms with van der Waals surface area (Å²) in [5.41, 5.74) is 1.70. The molecular weight excluding hydrogens is 435 g/mol. The van der Waals surface area contributed by atoms with Crippen LogP contribution < -0.4 is 9.47 Å². The molecule has 0 aromatic heterocycles. The van der Waals surface area contributed by atoms with Gasteiger partial charge in [-0.15, -0.1) is 0 Å². The standard InChI is InChI=1S/C27H27FN2O4/c1-4-6-13-34-24-12-9-20(15-25(24)33-5-2)14-22-18(3)23(16-29)27(32)30(26(22)31)17-19-7-10-21(28)11-8-19/h7-12,14-15H,4-6,13,17H2,1-3H3/b22-14+. The molecule has 0 unspecified atom stereocenters. The molecule has 0 saturated heterocycles. The van der Waals surface area contributed by atoms with Gasteiger partial charge in [-0.25, -0.2) is 4.39 Å². The van der Waals surface area contributed by atoms with E-state index in [1.54, 1.807) is 31.2 Å². The number of nitrogens with zero attached hydrogens (tertiary/aromatic N) is 2. The number of carbonyl (C=O) groups excluding carboxylic acids is 2. The van der Waals surface area contributed by atoms with Crippen molar-refractivity contribution >= 4 is 17.9 Å².